The average Bonchev–Trinajstić information content (AvgIpc) is 2.71. The molecule has 0 radical (unpaired) electrons. The molecule has 1 saturated heterocycles. The number of rotatable bonds is 5. The van der Waals surface area contributed by atoms with Gasteiger partial charge in [-0.15, -0.1) is 0 Å². The van der Waals surface area contributed by atoms with Crippen LogP contribution in [0, 0.1) is 0 Å². The summed E-state index contributed by atoms with van der Waals surface area (Å²) in [5.74, 6) is -2.15. The number of carbonyl (C=O) groups is 2. The number of cyclic esters (lactones) is 1. The van der Waals surface area contributed by atoms with Gasteiger partial charge in [0.05, 0.1) is 16.1 Å². The van der Waals surface area contributed by atoms with E-state index >= 15 is 0 Å². The van der Waals surface area contributed by atoms with Gasteiger partial charge >= 0.3 is 5.97 Å². The molecule has 1 aliphatic heterocycles. The third-order valence-electron chi connectivity index (χ3n) is 3.08. The van der Waals surface area contributed by atoms with Crippen LogP contribution in [-0.4, -0.2) is 24.2 Å². The monoisotopic (exact) mass is 357 g/mol. The number of halogens is 2. The van der Waals surface area contributed by atoms with Gasteiger partial charge in [-0.2, -0.15) is 0 Å². The zero-order chi connectivity index (χ0) is 17.0. The van der Waals surface area contributed by atoms with Crippen molar-refractivity contribution >= 4 is 35.1 Å². The summed E-state index contributed by atoms with van der Waals surface area (Å²) in [5, 5.41) is 3.72. The van der Waals surface area contributed by atoms with E-state index in [1.807, 2.05) is 6.07 Å². The Balaban J connectivity index is 1.77. The Labute approximate surface area is 144 Å². The van der Waals surface area contributed by atoms with E-state index in [0.29, 0.717) is 16.6 Å². The quantitative estimate of drug-likeness (QED) is 0.499. The van der Waals surface area contributed by atoms with E-state index in [9.17, 15) is 9.59 Å². The van der Waals surface area contributed by atoms with Crippen LogP contribution in [-0.2, 0) is 25.5 Å². The highest BCUT2D eigenvalue weighted by atomic mass is 35.5. The van der Waals surface area contributed by atoms with Crippen molar-refractivity contribution in [3.8, 4) is 0 Å². The van der Waals surface area contributed by atoms with Crippen molar-refractivity contribution in [3.05, 3.63) is 45.6 Å². The van der Waals surface area contributed by atoms with Crippen molar-refractivity contribution in [1.29, 1.82) is 0 Å². The highest BCUT2D eigenvalue weighted by Crippen LogP contribution is 2.26. The van der Waals surface area contributed by atoms with Gasteiger partial charge < -0.3 is 14.8 Å². The minimum absolute atomic E-state index is 0.0861. The van der Waals surface area contributed by atoms with Crippen LogP contribution in [0.15, 0.2) is 30.0 Å². The predicted octanol–water partition coefficient (Wildman–Crippen LogP) is 3.24. The first-order valence-corrected chi connectivity index (χ1v) is 7.88. The predicted molar refractivity (Wildman–Crippen MR) is 87.1 cm³/mol. The molecular weight excluding hydrogens is 341 g/mol. The van der Waals surface area contributed by atoms with E-state index in [1.165, 1.54) is 0 Å². The largest absolute Gasteiger partial charge is 0.445 e. The van der Waals surface area contributed by atoms with Gasteiger partial charge in [-0.25, -0.2) is 4.79 Å². The van der Waals surface area contributed by atoms with Gasteiger partial charge in [0, 0.05) is 20.4 Å². The molecule has 1 amide bonds. The Morgan fingerprint density at radius 1 is 1.26 bits per heavy atom. The Bertz CT molecular complexity index is 655. The molecule has 23 heavy (non-hydrogen) atoms. The number of hydrogen-bond acceptors (Lipinski definition) is 4. The summed E-state index contributed by atoms with van der Waals surface area (Å²) in [6.07, 6.45) is 2.58. The van der Waals surface area contributed by atoms with E-state index in [0.717, 1.165) is 24.5 Å². The first-order valence-electron chi connectivity index (χ1n) is 7.13. The molecule has 124 valence electrons. The van der Waals surface area contributed by atoms with Crippen molar-refractivity contribution in [2.45, 2.75) is 32.5 Å². The van der Waals surface area contributed by atoms with Crippen LogP contribution in [0.1, 0.15) is 25.8 Å². The van der Waals surface area contributed by atoms with E-state index in [-0.39, 0.29) is 5.76 Å². The first kappa shape index (κ1) is 17.6. The van der Waals surface area contributed by atoms with Gasteiger partial charge in [-0.3, -0.25) is 4.79 Å². The molecule has 0 unspecified atom stereocenters. The molecule has 0 atom stereocenters. The van der Waals surface area contributed by atoms with Gasteiger partial charge in [-0.05, 0) is 30.5 Å². The summed E-state index contributed by atoms with van der Waals surface area (Å²) in [6.45, 7) is 3.66. The maximum absolute atomic E-state index is 11.8. The number of ether oxygens (including phenoxy) is 2. The Hall–Kier alpha value is -1.72. The van der Waals surface area contributed by atoms with E-state index in [1.54, 1.807) is 26.0 Å². The Morgan fingerprint density at radius 3 is 2.61 bits per heavy atom. The fraction of sp³-hybridized carbons (Fsp3) is 0.375. The molecule has 0 saturated carbocycles. The normalized spacial score (nSPS) is 17.7. The average molecular weight is 358 g/mol. The minimum atomic E-state index is -1.03. The molecule has 1 aliphatic rings. The number of nitrogens with one attached hydrogen (secondary N) is 1. The van der Waals surface area contributed by atoms with Crippen LogP contribution in [0.5, 0.6) is 0 Å². The summed E-state index contributed by atoms with van der Waals surface area (Å²) >= 11 is 11.8. The topological polar surface area (TPSA) is 64.6 Å². The van der Waals surface area contributed by atoms with Crippen LogP contribution >= 0.6 is 23.2 Å². The zero-order valence-electron chi connectivity index (χ0n) is 12.8. The lowest BCUT2D eigenvalue weighted by molar-refractivity contribution is -0.159. The summed E-state index contributed by atoms with van der Waals surface area (Å²) in [7, 11) is 0. The fourth-order valence-corrected chi connectivity index (χ4v) is 2.38. The van der Waals surface area contributed by atoms with Crippen LogP contribution in [0.2, 0.25) is 10.0 Å². The van der Waals surface area contributed by atoms with E-state index < -0.39 is 17.7 Å². The van der Waals surface area contributed by atoms with Crippen molar-refractivity contribution in [1.82, 2.24) is 5.32 Å². The van der Waals surface area contributed by atoms with Gasteiger partial charge in [-0.1, -0.05) is 29.3 Å². The van der Waals surface area contributed by atoms with Crippen LogP contribution in [0.4, 0.5) is 0 Å². The lowest BCUT2D eigenvalue weighted by Gasteiger charge is -2.13. The molecule has 5 nitrogen and oxygen atoms in total. The van der Waals surface area contributed by atoms with Gasteiger partial charge in [0.2, 0.25) is 17.5 Å². The molecule has 1 heterocycles. The number of amides is 1. The molecule has 7 heteroatoms. The summed E-state index contributed by atoms with van der Waals surface area (Å²) < 4.78 is 10.2. The number of esters is 1. The summed E-state index contributed by atoms with van der Waals surface area (Å²) in [4.78, 5) is 23.2. The van der Waals surface area contributed by atoms with Crippen molar-refractivity contribution < 1.29 is 19.1 Å². The Kier molecular flexibility index (Phi) is 5.55. The SMILES string of the molecule is CC1(C)OC(=O)C(=CC(=O)NCCCc2ccc(Cl)c(Cl)c2)O1. The minimum Gasteiger partial charge on any atom is -0.445 e. The molecule has 0 aliphatic carbocycles. The van der Waals surface area contributed by atoms with Crippen molar-refractivity contribution in [3.63, 3.8) is 0 Å². The van der Waals surface area contributed by atoms with Gasteiger partial charge in [0.15, 0.2) is 0 Å². The molecular formula is C16H17Cl2NO4. The fourth-order valence-electron chi connectivity index (χ4n) is 2.06. The van der Waals surface area contributed by atoms with Crippen LogP contribution < -0.4 is 5.32 Å². The lowest BCUT2D eigenvalue weighted by atomic mass is 10.1. The Morgan fingerprint density at radius 2 is 2.00 bits per heavy atom. The third-order valence-corrected chi connectivity index (χ3v) is 3.82. The standard InChI is InChI=1S/C16H17Cl2NO4/c1-16(2)22-13(15(21)23-16)9-14(20)19-7-3-4-10-5-6-11(17)12(18)8-10/h5-6,8-9H,3-4,7H2,1-2H3,(H,19,20). The smallest absolute Gasteiger partial charge is 0.377 e. The third kappa shape index (κ3) is 5.15. The number of aryl methyl sites for hydroxylation is 1. The van der Waals surface area contributed by atoms with Crippen LogP contribution in [0.25, 0.3) is 0 Å². The highest BCUT2D eigenvalue weighted by molar-refractivity contribution is 6.42. The molecule has 0 bridgehead atoms. The lowest BCUT2D eigenvalue weighted by Crippen LogP contribution is -2.23. The first-order chi connectivity index (χ1) is 10.8. The molecule has 0 aromatic heterocycles. The second-order valence-electron chi connectivity index (χ2n) is 5.54. The second-order valence-corrected chi connectivity index (χ2v) is 6.36. The van der Waals surface area contributed by atoms with E-state index in [2.05, 4.69) is 5.32 Å². The molecule has 1 fully saturated rings. The van der Waals surface area contributed by atoms with Gasteiger partial charge in [0.25, 0.3) is 0 Å². The maximum atomic E-state index is 11.8. The zero-order valence-corrected chi connectivity index (χ0v) is 14.3. The second kappa shape index (κ2) is 7.23. The molecule has 2 rings (SSSR count). The summed E-state index contributed by atoms with van der Waals surface area (Å²) in [5.41, 5.74) is 1.04. The van der Waals surface area contributed by atoms with Gasteiger partial charge in [0.1, 0.15) is 0 Å². The molecule has 0 spiro atoms. The number of benzene rings is 1. The maximum Gasteiger partial charge on any atom is 0.377 e. The van der Waals surface area contributed by atoms with Crippen molar-refractivity contribution in [2.75, 3.05) is 6.54 Å². The molecule has 1 N–H and O–H groups in total. The molecule has 1 aromatic rings. The molecule has 1 aromatic carbocycles. The van der Waals surface area contributed by atoms with E-state index in [4.69, 9.17) is 32.7 Å². The highest BCUT2D eigenvalue weighted by Gasteiger charge is 2.37. The van der Waals surface area contributed by atoms with Crippen molar-refractivity contribution in [2.24, 2.45) is 0 Å². The number of carbonyl (C=O) groups excluding carboxylic acids is 2. The van der Waals surface area contributed by atoms with Crippen LogP contribution in [0.3, 0.4) is 0 Å². The number of hydrogen-bond donors (Lipinski definition) is 1. The summed E-state index contributed by atoms with van der Waals surface area (Å²) in [6, 6.07) is 5.44.